The van der Waals surface area contributed by atoms with Crippen LogP contribution in [0.25, 0.3) is 0 Å². The van der Waals surface area contributed by atoms with Crippen LogP contribution >= 0.6 is 0 Å². The van der Waals surface area contributed by atoms with Gasteiger partial charge in [-0.15, -0.1) is 0 Å². The van der Waals surface area contributed by atoms with Crippen LogP contribution in [0.5, 0.6) is 0 Å². The number of imide groups is 1. The molecular formula is C9H14N2O2. The number of carbonyl (C=O) groups is 2. The molecule has 0 spiro atoms. The molecule has 13 heavy (non-hydrogen) atoms. The molecule has 2 aliphatic rings. The fourth-order valence-electron chi connectivity index (χ4n) is 1.58. The van der Waals surface area contributed by atoms with E-state index in [1.807, 2.05) is 0 Å². The Balaban J connectivity index is 2.05. The highest BCUT2D eigenvalue weighted by Crippen LogP contribution is 2.45. The van der Waals surface area contributed by atoms with Gasteiger partial charge in [0.1, 0.15) is 6.54 Å². The summed E-state index contributed by atoms with van der Waals surface area (Å²) >= 11 is 0. The van der Waals surface area contributed by atoms with Gasteiger partial charge in [0, 0.05) is 13.6 Å². The van der Waals surface area contributed by atoms with Gasteiger partial charge in [-0.05, 0) is 18.3 Å². The zero-order chi connectivity index (χ0) is 9.64. The van der Waals surface area contributed by atoms with Crippen LogP contribution in [-0.4, -0.2) is 41.9 Å². The number of amides is 3. The molecule has 2 fully saturated rings. The van der Waals surface area contributed by atoms with Gasteiger partial charge in [0.25, 0.3) is 0 Å². The molecule has 0 aromatic heterocycles. The molecule has 4 nitrogen and oxygen atoms in total. The maximum absolute atomic E-state index is 11.5. The van der Waals surface area contributed by atoms with Crippen molar-refractivity contribution in [2.75, 3.05) is 20.1 Å². The number of hydrogen-bond acceptors (Lipinski definition) is 2. The summed E-state index contributed by atoms with van der Waals surface area (Å²) in [5, 5.41) is 0. The van der Waals surface area contributed by atoms with Gasteiger partial charge in [0.05, 0.1) is 0 Å². The lowest BCUT2D eigenvalue weighted by atomic mass is 10.1. The number of urea groups is 1. The zero-order valence-electron chi connectivity index (χ0n) is 8.04. The fraction of sp³-hybridized carbons (Fsp3) is 0.778. The molecule has 1 saturated heterocycles. The van der Waals surface area contributed by atoms with Crippen LogP contribution in [-0.2, 0) is 4.79 Å². The third kappa shape index (κ3) is 1.41. The minimum Gasteiger partial charge on any atom is -0.318 e. The van der Waals surface area contributed by atoms with Gasteiger partial charge >= 0.3 is 6.03 Å². The molecule has 0 bridgehead atoms. The number of nitrogens with zero attached hydrogens (tertiary/aromatic N) is 2. The van der Waals surface area contributed by atoms with E-state index in [4.69, 9.17) is 0 Å². The van der Waals surface area contributed by atoms with Gasteiger partial charge in [0.2, 0.25) is 5.91 Å². The van der Waals surface area contributed by atoms with Crippen molar-refractivity contribution >= 4 is 11.9 Å². The molecule has 0 atom stereocenters. The van der Waals surface area contributed by atoms with Crippen LogP contribution in [0.2, 0.25) is 0 Å². The van der Waals surface area contributed by atoms with Crippen LogP contribution in [0.4, 0.5) is 4.79 Å². The van der Waals surface area contributed by atoms with Gasteiger partial charge in [0.15, 0.2) is 0 Å². The molecule has 0 aromatic rings. The predicted octanol–water partition coefficient (Wildman–Crippen LogP) is 0.680. The van der Waals surface area contributed by atoms with E-state index >= 15 is 0 Å². The predicted molar refractivity (Wildman–Crippen MR) is 47.1 cm³/mol. The standard InChI is InChI=1S/C9H14N2O2/c1-9(3-4-9)6-11-7(12)5-10(2)8(11)13/h3-6H2,1-2H3. The molecule has 0 radical (unpaired) electrons. The Morgan fingerprint density at radius 3 is 2.38 bits per heavy atom. The summed E-state index contributed by atoms with van der Waals surface area (Å²) in [6, 6.07) is -0.141. The maximum atomic E-state index is 11.5. The molecule has 2 rings (SSSR count). The van der Waals surface area contributed by atoms with Gasteiger partial charge < -0.3 is 4.90 Å². The Morgan fingerprint density at radius 1 is 1.38 bits per heavy atom. The fourth-order valence-corrected chi connectivity index (χ4v) is 1.58. The molecule has 1 aliphatic heterocycles. The normalized spacial score (nSPS) is 25.7. The maximum Gasteiger partial charge on any atom is 0.326 e. The minimum atomic E-state index is -0.141. The quantitative estimate of drug-likeness (QED) is 0.589. The summed E-state index contributed by atoms with van der Waals surface area (Å²) in [6.45, 7) is 2.97. The first-order chi connectivity index (χ1) is 6.02. The van der Waals surface area contributed by atoms with Crippen molar-refractivity contribution in [1.29, 1.82) is 0 Å². The van der Waals surface area contributed by atoms with E-state index in [2.05, 4.69) is 6.92 Å². The number of hydrogen-bond donors (Lipinski definition) is 0. The summed E-state index contributed by atoms with van der Waals surface area (Å²) in [6.07, 6.45) is 2.27. The third-order valence-electron chi connectivity index (χ3n) is 2.87. The van der Waals surface area contributed by atoms with Crippen molar-refractivity contribution in [2.45, 2.75) is 19.8 Å². The van der Waals surface area contributed by atoms with Crippen molar-refractivity contribution in [3.05, 3.63) is 0 Å². The lowest BCUT2D eigenvalue weighted by Crippen LogP contribution is -2.35. The van der Waals surface area contributed by atoms with Crippen molar-refractivity contribution in [3.8, 4) is 0 Å². The second kappa shape index (κ2) is 2.47. The molecule has 1 saturated carbocycles. The van der Waals surface area contributed by atoms with E-state index in [0.29, 0.717) is 6.54 Å². The van der Waals surface area contributed by atoms with Crippen molar-refractivity contribution in [3.63, 3.8) is 0 Å². The van der Waals surface area contributed by atoms with Gasteiger partial charge in [-0.3, -0.25) is 9.69 Å². The molecule has 4 heteroatoms. The Kier molecular flexibility index (Phi) is 1.62. The summed E-state index contributed by atoms with van der Waals surface area (Å²) in [5.41, 5.74) is 0.219. The highest BCUT2D eigenvalue weighted by molar-refractivity contribution is 6.01. The number of likely N-dealkylation sites (N-methyl/N-ethyl adjacent to an activating group) is 1. The molecule has 3 amide bonds. The van der Waals surface area contributed by atoms with E-state index < -0.39 is 0 Å². The first-order valence-corrected chi connectivity index (χ1v) is 4.57. The molecule has 72 valence electrons. The molecule has 0 unspecified atom stereocenters. The monoisotopic (exact) mass is 182 g/mol. The molecule has 1 heterocycles. The zero-order valence-corrected chi connectivity index (χ0v) is 8.04. The highest BCUT2D eigenvalue weighted by atomic mass is 16.2. The van der Waals surface area contributed by atoms with Crippen molar-refractivity contribution < 1.29 is 9.59 Å². The summed E-state index contributed by atoms with van der Waals surface area (Å²) < 4.78 is 0. The van der Waals surface area contributed by atoms with E-state index in [9.17, 15) is 9.59 Å². The average molecular weight is 182 g/mol. The summed E-state index contributed by atoms with van der Waals surface area (Å²) in [7, 11) is 1.66. The van der Waals surface area contributed by atoms with E-state index in [-0.39, 0.29) is 23.9 Å². The highest BCUT2D eigenvalue weighted by Gasteiger charge is 2.44. The van der Waals surface area contributed by atoms with Gasteiger partial charge in [-0.2, -0.15) is 0 Å². The van der Waals surface area contributed by atoms with Crippen molar-refractivity contribution in [1.82, 2.24) is 9.80 Å². The Bertz CT molecular complexity index is 271. The topological polar surface area (TPSA) is 40.6 Å². The van der Waals surface area contributed by atoms with Crippen molar-refractivity contribution in [2.24, 2.45) is 5.41 Å². The lowest BCUT2D eigenvalue weighted by molar-refractivity contribution is -0.125. The summed E-state index contributed by atoms with van der Waals surface area (Å²) in [4.78, 5) is 25.7. The smallest absolute Gasteiger partial charge is 0.318 e. The molecule has 0 N–H and O–H groups in total. The third-order valence-corrected chi connectivity index (χ3v) is 2.87. The van der Waals surface area contributed by atoms with Crippen LogP contribution < -0.4 is 0 Å². The number of carbonyl (C=O) groups excluding carboxylic acids is 2. The van der Waals surface area contributed by atoms with E-state index in [1.54, 1.807) is 7.05 Å². The first-order valence-electron chi connectivity index (χ1n) is 4.57. The van der Waals surface area contributed by atoms with Crippen LogP contribution in [0.1, 0.15) is 19.8 Å². The van der Waals surface area contributed by atoms with Crippen LogP contribution in [0.15, 0.2) is 0 Å². The minimum absolute atomic E-state index is 0.0550. The molecular weight excluding hydrogens is 168 g/mol. The molecule has 1 aliphatic carbocycles. The van der Waals surface area contributed by atoms with Gasteiger partial charge in [-0.1, -0.05) is 6.92 Å². The summed E-state index contributed by atoms with van der Waals surface area (Å²) in [5.74, 6) is -0.0550. The SMILES string of the molecule is CN1CC(=O)N(CC2(C)CC2)C1=O. The average Bonchev–Trinajstić information content (AvgIpc) is 2.73. The largest absolute Gasteiger partial charge is 0.326 e. The van der Waals surface area contributed by atoms with Crippen LogP contribution in [0, 0.1) is 5.41 Å². The Morgan fingerprint density at radius 2 is 2.00 bits per heavy atom. The van der Waals surface area contributed by atoms with Crippen LogP contribution in [0.3, 0.4) is 0 Å². The Hall–Kier alpha value is -1.06. The van der Waals surface area contributed by atoms with Gasteiger partial charge in [-0.25, -0.2) is 4.79 Å². The van der Waals surface area contributed by atoms with E-state index in [1.165, 1.54) is 9.80 Å². The van der Waals surface area contributed by atoms with E-state index in [0.717, 1.165) is 12.8 Å². The molecule has 0 aromatic carbocycles. The first kappa shape index (κ1) is 8.53. The number of rotatable bonds is 2. The lowest BCUT2D eigenvalue weighted by Gasteiger charge is -2.17. The second-order valence-corrected chi connectivity index (χ2v) is 4.43. The second-order valence-electron chi connectivity index (χ2n) is 4.43. The Labute approximate surface area is 77.5 Å².